The molecule has 16 heavy (non-hydrogen) atoms. The van der Waals surface area contributed by atoms with Crippen LogP contribution in [0.3, 0.4) is 0 Å². The van der Waals surface area contributed by atoms with Gasteiger partial charge in [0.05, 0.1) is 11.5 Å². The number of benzene rings is 1. The van der Waals surface area contributed by atoms with Crippen molar-refractivity contribution in [2.45, 2.75) is 6.42 Å². The summed E-state index contributed by atoms with van der Waals surface area (Å²) in [7, 11) is 0. The predicted molar refractivity (Wildman–Crippen MR) is 58.7 cm³/mol. The topological polar surface area (TPSA) is 95.5 Å². The second-order valence-corrected chi connectivity index (χ2v) is 3.18. The number of anilines is 1. The van der Waals surface area contributed by atoms with Crippen LogP contribution in [-0.2, 0) is 11.2 Å². The summed E-state index contributed by atoms with van der Waals surface area (Å²) in [5, 5.41) is 10.8. The third-order valence-corrected chi connectivity index (χ3v) is 2.29. The maximum atomic E-state index is 11.4. The fraction of sp³-hybridized carbons (Fsp3) is 0.222. The maximum Gasteiger partial charge on any atom is 0.345 e. The van der Waals surface area contributed by atoms with E-state index in [1.807, 2.05) is 0 Å². The monoisotopic (exact) mass is 244 g/mol. The van der Waals surface area contributed by atoms with E-state index >= 15 is 0 Å². The molecule has 0 amide bonds. The normalized spacial score (nSPS) is 13.4. The lowest BCUT2D eigenvalue weighted by molar-refractivity contribution is -0.384. The Hall–Kier alpha value is -1.82. The number of nitro benzene ring substituents is 1. The molecular formula is C9H9ClN2O4. The first-order valence-electron chi connectivity index (χ1n) is 4.34. The molecule has 0 saturated heterocycles. The van der Waals surface area contributed by atoms with Crippen molar-refractivity contribution in [1.29, 1.82) is 0 Å². The largest absolute Gasteiger partial charge is 0.462 e. The van der Waals surface area contributed by atoms with Gasteiger partial charge in [-0.05, 0) is 11.6 Å². The molecule has 0 aromatic heterocycles. The number of nitro groups is 1. The van der Waals surface area contributed by atoms with Crippen molar-refractivity contribution in [2.24, 2.45) is 0 Å². The number of nitrogens with two attached hydrogens (primary N) is 1. The van der Waals surface area contributed by atoms with Crippen LogP contribution in [0.5, 0.6) is 0 Å². The minimum Gasteiger partial charge on any atom is -0.462 e. The van der Waals surface area contributed by atoms with Gasteiger partial charge in [0.25, 0.3) is 0 Å². The molecule has 0 aliphatic carbocycles. The number of nitrogen functional groups attached to an aromatic ring is 1. The number of hydrogen-bond acceptors (Lipinski definition) is 5. The van der Waals surface area contributed by atoms with Crippen LogP contribution in [0.2, 0.25) is 0 Å². The molecule has 0 spiro atoms. The van der Waals surface area contributed by atoms with Gasteiger partial charge in [0.15, 0.2) is 0 Å². The van der Waals surface area contributed by atoms with Crippen LogP contribution < -0.4 is 5.73 Å². The summed E-state index contributed by atoms with van der Waals surface area (Å²) >= 11 is 0. The van der Waals surface area contributed by atoms with Gasteiger partial charge in [0.1, 0.15) is 11.3 Å². The predicted octanol–water partition coefficient (Wildman–Crippen LogP) is 1.31. The van der Waals surface area contributed by atoms with Crippen molar-refractivity contribution in [1.82, 2.24) is 0 Å². The first-order chi connectivity index (χ1) is 7.11. The van der Waals surface area contributed by atoms with Crippen LogP contribution in [-0.4, -0.2) is 17.5 Å². The van der Waals surface area contributed by atoms with E-state index in [1.165, 1.54) is 6.07 Å². The summed E-state index contributed by atoms with van der Waals surface area (Å²) < 4.78 is 4.75. The van der Waals surface area contributed by atoms with Crippen molar-refractivity contribution in [2.75, 3.05) is 12.3 Å². The summed E-state index contributed by atoms with van der Waals surface area (Å²) in [5.74, 6) is -0.671. The van der Waals surface area contributed by atoms with Gasteiger partial charge in [-0.2, -0.15) is 0 Å². The van der Waals surface area contributed by atoms with Crippen LogP contribution >= 0.6 is 12.4 Å². The molecule has 2 N–H and O–H groups in total. The van der Waals surface area contributed by atoms with Gasteiger partial charge >= 0.3 is 11.7 Å². The van der Waals surface area contributed by atoms with Crippen molar-refractivity contribution >= 4 is 29.8 Å². The molecule has 1 heterocycles. The standard InChI is InChI=1S/C9H8N2O4.ClH/c10-6-2-1-5-3-4-15-9(12)7(5)8(6)11(13)14;/h1-2H,3-4,10H2;1H. The third kappa shape index (κ3) is 1.79. The molecule has 0 fully saturated rings. The summed E-state index contributed by atoms with van der Waals surface area (Å²) in [6, 6.07) is 3.06. The highest BCUT2D eigenvalue weighted by Crippen LogP contribution is 2.31. The fourth-order valence-corrected chi connectivity index (χ4v) is 1.61. The lowest BCUT2D eigenvalue weighted by atomic mass is 10.00. The Morgan fingerprint density at radius 1 is 1.44 bits per heavy atom. The average molecular weight is 245 g/mol. The molecule has 0 saturated carbocycles. The first-order valence-corrected chi connectivity index (χ1v) is 4.34. The summed E-state index contributed by atoms with van der Waals surface area (Å²) in [5.41, 5.74) is 5.70. The van der Waals surface area contributed by atoms with Crippen LogP contribution in [0.4, 0.5) is 11.4 Å². The summed E-state index contributed by atoms with van der Waals surface area (Å²) in [6.45, 7) is 0.257. The SMILES string of the molecule is Cl.Nc1ccc2c(c1[N+](=O)[O-])C(=O)OCC2. The zero-order chi connectivity index (χ0) is 11.0. The van der Waals surface area contributed by atoms with E-state index in [9.17, 15) is 14.9 Å². The van der Waals surface area contributed by atoms with Gasteiger partial charge in [0, 0.05) is 6.42 Å². The lowest BCUT2D eigenvalue weighted by Crippen LogP contribution is -2.20. The number of ether oxygens (including phenoxy) is 1. The molecular weight excluding hydrogens is 236 g/mol. The number of carbonyl (C=O) groups is 1. The van der Waals surface area contributed by atoms with E-state index in [1.54, 1.807) is 6.07 Å². The van der Waals surface area contributed by atoms with Crippen molar-refractivity contribution in [3.8, 4) is 0 Å². The molecule has 1 aliphatic heterocycles. The Balaban J connectivity index is 0.00000128. The van der Waals surface area contributed by atoms with Crippen LogP contribution in [0.1, 0.15) is 15.9 Å². The quantitative estimate of drug-likeness (QED) is 0.348. The van der Waals surface area contributed by atoms with Crippen molar-refractivity contribution in [3.63, 3.8) is 0 Å². The highest BCUT2D eigenvalue weighted by atomic mass is 35.5. The number of carbonyl (C=O) groups excluding carboxylic acids is 1. The van der Waals surface area contributed by atoms with Crippen LogP contribution in [0.25, 0.3) is 0 Å². The highest BCUT2D eigenvalue weighted by molar-refractivity contribution is 5.98. The number of esters is 1. The molecule has 1 aromatic carbocycles. The van der Waals surface area contributed by atoms with Gasteiger partial charge in [-0.1, -0.05) is 6.07 Å². The fourth-order valence-electron chi connectivity index (χ4n) is 1.61. The maximum absolute atomic E-state index is 11.4. The average Bonchev–Trinajstić information content (AvgIpc) is 2.18. The number of nitrogens with zero attached hydrogens (tertiary/aromatic N) is 1. The number of hydrogen-bond donors (Lipinski definition) is 1. The van der Waals surface area contributed by atoms with E-state index in [-0.39, 0.29) is 36.0 Å². The lowest BCUT2D eigenvalue weighted by Gasteiger charge is -2.15. The smallest absolute Gasteiger partial charge is 0.345 e. The van der Waals surface area contributed by atoms with Gasteiger partial charge in [-0.25, -0.2) is 4.79 Å². The molecule has 0 radical (unpaired) electrons. The van der Waals surface area contributed by atoms with Crippen LogP contribution in [0.15, 0.2) is 12.1 Å². The molecule has 1 aliphatic rings. The number of cyclic esters (lactones) is 1. The van der Waals surface area contributed by atoms with E-state index < -0.39 is 10.9 Å². The van der Waals surface area contributed by atoms with Crippen LogP contribution in [0, 0.1) is 10.1 Å². The Labute approximate surface area is 96.9 Å². The first kappa shape index (κ1) is 12.3. The van der Waals surface area contributed by atoms with Crippen molar-refractivity contribution in [3.05, 3.63) is 33.4 Å². The molecule has 1 aromatic rings. The second-order valence-electron chi connectivity index (χ2n) is 3.18. The van der Waals surface area contributed by atoms with E-state index in [0.29, 0.717) is 12.0 Å². The Morgan fingerprint density at radius 3 is 2.75 bits per heavy atom. The Morgan fingerprint density at radius 2 is 2.12 bits per heavy atom. The molecule has 0 bridgehead atoms. The number of rotatable bonds is 1. The molecule has 6 nitrogen and oxygen atoms in total. The third-order valence-electron chi connectivity index (χ3n) is 2.29. The van der Waals surface area contributed by atoms with Gasteiger partial charge in [0.2, 0.25) is 0 Å². The van der Waals surface area contributed by atoms with Gasteiger partial charge < -0.3 is 10.5 Å². The second kappa shape index (κ2) is 4.36. The molecule has 0 unspecified atom stereocenters. The molecule has 0 atom stereocenters. The Kier molecular flexibility index (Phi) is 3.34. The van der Waals surface area contributed by atoms with E-state index in [0.717, 1.165) is 0 Å². The highest BCUT2D eigenvalue weighted by Gasteiger charge is 2.30. The molecule has 7 heteroatoms. The van der Waals surface area contributed by atoms with Gasteiger partial charge in [-0.15, -0.1) is 12.4 Å². The molecule has 86 valence electrons. The van der Waals surface area contributed by atoms with E-state index in [4.69, 9.17) is 10.5 Å². The number of halogens is 1. The zero-order valence-electron chi connectivity index (χ0n) is 8.13. The minimum absolute atomic E-state index is 0. The Bertz CT molecular complexity index is 461. The van der Waals surface area contributed by atoms with Crippen molar-refractivity contribution < 1.29 is 14.5 Å². The minimum atomic E-state index is -0.671. The summed E-state index contributed by atoms with van der Waals surface area (Å²) in [6.07, 6.45) is 0.488. The zero-order valence-corrected chi connectivity index (χ0v) is 8.95. The van der Waals surface area contributed by atoms with E-state index in [2.05, 4.69) is 0 Å². The number of fused-ring (bicyclic) bond motifs is 1. The van der Waals surface area contributed by atoms with Gasteiger partial charge in [-0.3, -0.25) is 10.1 Å². The summed E-state index contributed by atoms with van der Waals surface area (Å²) in [4.78, 5) is 21.5. The molecule has 2 rings (SSSR count).